The number of piperazine rings is 1. The van der Waals surface area contributed by atoms with Crippen molar-refractivity contribution in [2.45, 2.75) is 25.0 Å². The molecule has 0 N–H and O–H groups in total. The molecule has 2 atom stereocenters. The van der Waals surface area contributed by atoms with Crippen LogP contribution in [0.2, 0.25) is 0 Å². The zero-order valence-electron chi connectivity index (χ0n) is 8.32. The topological polar surface area (TPSA) is 36.1 Å². The number of nitrogens with zero attached hydrogens (tertiary/aromatic N) is 2. The molecule has 0 aromatic rings. The van der Waals surface area contributed by atoms with Crippen LogP contribution in [0.1, 0.15) is 12.8 Å². The summed E-state index contributed by atoms with van der Waals surface area (Å²) in [6.07, 6.45) is 2.30. The number of hydrogen-bond donors (Lipinski definition) is 0. The van der Waals surface area contributed by atoms with Gasteiger partial charge in [0.25, 0.3) is 0 Å². The standard InChI is InChI=1S/C10H16N2O2/c13-10-2-1-8-5-11(3-4-12(8)10)6-9-7-14-9/h8-9H,1-7H2/t8?,9-/m1/s1. The van der Waals surface area contributed by atoms with Crippen molar-refractivity contribution in [3.8, 4) is 0 Å². The molecule has 0 aromatic carbocycles. The lowest BCUT2D eigenvalue weighted by atomic mass is 10.1. The van der Waals surface area contributed by atoms with E-state index in [4.69, 9.17) is 4.74 Å². The molecule has 0 saturated carbocycles. The lowest BCUT2D eigenvalue weighted by Gasteiger charge is -2.37. The molecule has 78 valence electrons. The molecule has 3 aliphatic heterocycles. The van der Waals surface area contributed by atoms with Gasteiger partial charge in [-0.25, -0.2) is 0 Å². The van der Waals surface area contributed by atoms with E-state index in [9.17, 15) is 4.79 Å². The van der Waals surface area contributed by atoms with Crippen molar-refractivity contribution in [3.63, 3.8) is 0 Å². The van der Waals surface area contributed by atoms with E-state index in [-0.39, 0.29) is 0 Å². The quantitative estimate of drug-likeness (QED) is 0.568. The van der Waals surface area contributed by atoms with Gasteiger partial charge in [0.05, 0.1) is 12.7 Å². The highest BCUT2D eigenvalue weighted by Gasteiger charge is 2.37. The highest BCUT2D eigenvalue weighted by molar-refractivity contribution is 5.78. The average Bonchev–Trinajstić information content (AvgIpc) is 2.92. The Kier molecular flexibility index (Phi) is 1.99. The van der Waals surface area contributed by atoms with E-state index in [1.165, 1.54) is 0 Å². The summed E-state index contributed by atoms with van der Waals surface area (Å²) in [5.74, 6) is 0.359. The molecule has 3 aliphatic rings. The van der Waals surface area contributed by atoms with Crippen LogP contribution in [0.15, 0.2) is 0 Å². The Morgan fingerprint density at radius 1 is 1.43 bits per heavy atom. The number of ether oxygens (including phenoxy) is 1. The molecule has 3 heterocycles. The summed E-state index contributed by atoms with van der Waals surface area (Å²) in [4.78, 5) is 15.9. The van der Waals surface area contributed by atoms with Gasteiger partial charge in [-0.05, 0) is 6.42 Å². The second-order valence-corrected chi connectivity index (χ2v) is 4.49. The normalized spacial score (nSPS) is 37.4. The molecule has 3 rings (SSSR count). The molecule has 0 aliphatic carbocycles. The number of rotatable bonds is 2. The first-order valence-electron chi connectivity index (χ1n) is 5.46. The molecule has 0 radical (unpaired) electrons. The maximum Gasteiger partial charge on any atom is 0.222 e. The molecule has 3 fully saturated rings. The Labute approximate surface area is 83.8 Å². The third-order valence-corrected chi connectivity index (χ3v) is 3.44. The Morgan fingerprint density at radius 2 is 2.29 bits per heavy atom. The predicted molar refractivity (Wildman–Crippen MR) is 50.9 cm³/mol. The molecule has 0 spiro atoms. The van der Waals surface area contributed by atoms with Crippen LogP contribution in [0, 0.1) is 0 Å². The van der Waals surface area contributed by atoms with Gasteiger partial charge in [0.2, 0.25) is 5.91 Å². The summed E-state index contributed by atoms with van der Waals surface area (Å²) < 4.78 is 5.22. The average molecular weight is 196 g/mol. The molecule has 0 bridgehead atoms. The van der Waals surface area contributed by atoms with E-state index in [2.05, 4.69) is 9.80 Å². The molecule has 4 nitrogen and oxygen atoms in total. The molecule has 3 saturated heterocycles. The van der Waals surface area contributed by atoms with E-state index in [0.29, 0.717) is 18.1 Å². The zero-order valence-corrected chi connectivity index (χ0v) is 8.32. The lowest BCUT2D eigenvalue weighted by Crippen LogP contribution is -2.52. The van der Waals surface area contributed by atoms with Crippen LogP contribution in [-0.4, -0.2) is 60.6 Å². The maximum atomic E-state index is 11.4. The SMILES string of the molecule is O=C1CCC2CN(C[C@@H]3CO3)CCN12. The minimum absolute atomic E-state index is 0.359. The van der Waals surface area contributed by atoms with E-state index in [1.807, 2.05) is 0 Å². The van der Waals surface area contributed by atoms with E-state index >= 15 is 0 Å². The summed E-state index contributed by atoms with van der Waals surface area (Å²) in [6, 6.07) is 0.495. The van der Waals surface area contributed by atoms with Crippen LogP contribution in [0.3, 0.4) is 0 Å². The lowest BCUT2D eigenvalue weighted by molar-refractivity contribution is -0.130. The second-order valence-electron chi connectivity index (χ2n) is 4.49. The van der Waals surface area contributed by atoms with E-state index in [1.54, 1.807) is 0 Å². The van der Waals surface area contributed by atoms with Crippen molar-refractivity contribution >= 4 is 5.91 Å². The van der Waals surface area contributed by atoms with Gasteiger partial charge in [-0.15, -0.1) is 0 Å². The summed E-state index contributed by atoms with van der Waals surface area (Å²) in [5.41, 5.74) is 0. The van der Waals surface area contributed by atoms with Crippen molar-refractivity contribution in [3.05, 3.63) is 0 Å². The van der Waals surface area contributed by atoms with Crippen LogP contribution in [0.25, 0.3) is 0 Å². The van der Waals surface area contributed by atoms with Crippen molar-refractivity contribution < 1.29 is 9.53 Å². The van der Waals surface area contributed by atoms with E-state index < -0.39 is 0 Å². The number of hydrogen-bond acceptors (Lipinski definition) is 3. The summed E-state index contributed by atoms with van der Waals surface area (Å²) in [7, 11) is 0. The van der Waals surface area contributed by atoms with Crippen LogP contribution < -0.4 is 0 Å². The zero-order chi connectivity index (χ0) is 9.54. The molecular weight excluding hydrogens is 180 g/mol. The van der Waals surface area contributed by atoms with Gasteiger partial charge >= 0.3 is 0 Å². The van der Waals surface area contributed by atoms with Gasteiger partial charge < -0.3 is 9.64 Å². The summed E-state index contributed by atoms with van der Waals surface area (Å²) in [5, 5.41) is 0. The molecule has 4 heteroatoms. The molecule has 1 amide bonds. The van der Waals surface area contributed by atoms with Crippen LogP contribution in [0.4, 0.5) is 0 Å². The molecule has 0 aromatic heterocycles. The van der Waals surface area contributed by atoms with Gasteiger partial charge in [0, 0.05) is 38.6 Å². The third kappa shape index (κ3) is 1.53. The predicted octanol–water partition coefficient (Wildman–Crippen LogP) is -0.308. The highest BCUT2D eigenvalue weighted by atomic mass is 16.6. The van der Waals surface area contributed by atoms with Gasteiger partial charge in [-0.1, -0.05) is 0 Å². The number of carbonyl (C=O) groups is 1. The Morgan fingerprint density at radius 3 is 3.07 bits per heavy atom. The fraction of sp³-hybridized carbons (Fsp3) is 0.900. The summed E-state index contributed by atoms with van der Waals surface area (Å²) in [6.45, 7) is 5.02. The Bertz CT molecular complexity index is 253. The minimum Gasteiger partial charge on any atom is -0.372 e. The first kappa shape index (κ1) is 8.68. The Balaban J connectivity index is 1.58. The first-order chi connectivity index (χ1) is 6.83. The fourth-order valence-corrected chi connectivity index (χ4v) is 2.56. The Hall–Kier alpha value is -0.610. The second kappa shape index (κ2) is 3.21. The number of carbonyl (C=O) groups excluding carboxylic acids is 1. The minimum atomic E-state index is 0.359. The van der Waals surface area contributed by atoms with Crippen molar-refractivity contribution in [1.82, 2.24) is 9.80 Å². The van der Waals surface area contributed by atoms with Gasteiger partial charge in [0.15, 0.2) is 0 Å². The fourth-order valence-electron chi connectivity index (χ4n) is 2.56. The molecule has 1 unspecified atom stereocenters. The maximum absolute atomic E-state index is 11.4. The number of amides is 1. The highest BCUT2D eigenvalue weighted by Crippen LogP contribution is 2.23. The van der Waals surface area contributed by atoms with Crippen LogP contribution in [-0.2, 0) is 9.53 Å². The van der Waals surface area contributed by atoms with E-state index in [0.717, 1.165) is 45.6 Å². The third-order valence-electron chi connectivity index (χ3n) is 3.44. The van der Waals surface area contributed by atoms with Crippen molar-refractivity contribution in [1.29, 1.82) is 0 Å². The monoisotopic (exact) mass is 196 g/mol. The van der Waals surface area contributed by atoms with Crippen molar-refractivity contribution in [2.75, 3.05) is 32.8 Å². The summed E-state index contributed by atoms with van der Waals surface area (Å²) >= 11 is 0. The van der Waals surface area contributed by atoms with Crippen LogP contribution >= 0.6 is 0 Å². The van der Waals surface area contributed by atoms with Crippen LogP contribution in [0.5, 0.6) is 0 Å². The largest absolute Gasteiger partial charge is 0.372 e. The smallest absolute Gasteiger partial charge is 0.222 e. The number of fused-ring (bicyclic) bond motifs is 1. The van der Waals surface area contributed by atoms with Gasteiger partial charge in [-0.2, -0.15) is 0 Å². The van der Waals surface area contributed by atoms with Crippen molar-refractivity contribution in [2.24, 2.45) is 0 Å². The van der Waals surface area contributed by atoms with Gasteiger partial charge in [-0.3, -0.25) is 9.69 Å². The first-order valence-corrected chi connectivity index (χ1v) is 5.46. The molecular formula is C10H16N2O2. The van der Waals surface area contributed by atoms with Gasteiger partial charge in [0.1, 0.15) is 0 Å². The number of epoxide rings is 1. The molecule has 14 heavy (non-hydrogen) atoms.